The highest BCUT2D eigenvalue weighted by Crippen LogP contribution is 2.26. The molecule has 2 nitrogen and oxygen atoms in total. The molecule has 0 bridgehead atoms. The summed E-state index contributed by atoms with van der Waals surface area (Å²) >= 11 is 0. The second kappa shape index (κ2) is 4.06. The van der Waals surface area contributed by atoms with E-state index in [0.717, 1.165) is 36.7 Å². The molecule has 1 heterocycles. The van der Waals surface area contributed by atoms with E-state index in [1.165, 1.54) is 18.9 Å². The van der Waals surface area contributed by atoms with Crippen LogP contribution in [0, 0.1) is 5.82 Å². The zero-order chi connectivity index (χ0) is 11.0. The molecule has 1 saturated carbocycles. The topological polar surface area (TPSA) is 24.1 Å². The second-order valence-electron chi connectivity index (χ2n) is 4.86. The molecule has 0 saturated heterocycles. The van der Waals surface area contributed by atoms with Crippen molar-refractivity contribution in [2.45, 2.75) is 37.8 Å². The predicted molar refractivity (Wildman–Crippen MR) is 63.2 cm³/mol. The van der Waals surface area contributed by atoms with Crippen LogP contribution in [0.1, 0.15) is 24.8 Å². The van der Waals surface area contributed by atoms with Gasteiger partial charge in [-0.1, -0.05) is 0 Å². The van der Waals surface area contributed by atoms with Gasteiger partial charge in [0, 0.05) is 24.3 Å². The first-order valence-corrected chi connectivity index (χ1v) is 6.09. The third-order valence-corrected chi connectivity index (χ3v) is 3.42. The molecule has 2 N–H and O–H groups in total. The molecule has 3 heteroatoms. The number of nitrogens with one attached hydrogen (secondary N) is 2. The minimum Gasteiger partial charge on any atom is -0.381 e. The summed E-state index contributed by atoms with van der Waals surface area (Å²) in [6, 6.07) is 6.29. The third kappa shape index (κ3) is 2.19. The van der Waals surface area contributed by atoms with Gasteiger partial charge in [0.1, 0.15) is 5.82 Å². The van der Waals surface area contributed by atoms with Gasteiger partial charge in [-0.15, -0.1) is 0 Å². The highest BCUT2D eigenvalue weighted by atomic mass is 19.1. The highest BCUT2D eigenvalue weighted by molar-refractivity contribution is 5.54. The van der Waals surface area contributed by atoms with E-state index in [0.29, 0.717) is 6.04 Å². The molecule has 0 aromatic heterocycles. The minimum absolute atomic E-state index is 0.130. The van der Waals surface area contributed by atoms with Gasteiger partial charge >= 0.3 is 0 Å². The number of halogens is 1. The quantitative estimate of drug-likeness (QED) is 0.816. The van der Waals surface area contributed by atoms with Crippen LogP contribution >= 0.6 is 0 Å². The fourth-order valence-electron chi connectivity index (χ4n) is 2.28. The van der Waals surface area contributed by atoms with Gasteiger partial charge in [0.2, 0.25) is 0 Å². The number of anilines is 1. The van der Waals surface area contributed by atoms with E-state index in [-0.39, 0.29) is 5.82 Å². The van der Waals surface area contributed by atoms with Crippen LogP contribution in [0.3, 0.4) is 0 Å². The van der Waals surface area contributed by atoms with Crippen molar-refractivity contribution in [1.82, 2.24) is 5.32 Å². The number of rotatable bonds is 3. The van der Waals surface area contributed by atoms with E-state index in [9.17, 15) is 4.39 Å². The summed E-state index contributed by atoms with van der Waals surface area (Å²) < 4.78 is 13.0. The Morgan fingerprint density at radius 1 is 1.31 bits per heavy atom. The van der Waals surface area contributed by atoms with E-state index in [4.69, 9.17) is 0 Å². The Labute approximate surface area is 95.2 Å². The predicted octanol–water partition coefficient (Wildman–Crippen LogP) is 2.30. The zero-order valence-electron chi connectivity index (χ0n) is 9.30. The van der Waals surface area contributed by atoms with Crippen LogP contribution in [-0.2, 0) is 6.42 Å². The Balaban J connectivity index is 1.63. The van der Waals surface area contributed by atoms with Gasteiger partial charge in [-0.25, -0.2) is 4.39 Å². The maximum absolute atomic E-state index is 13.0. The molecular formula is C13H17FN2. The molecule has 1 unspecified atom stereocenters. The van der Waals surface area contributed by atoms with Crippen LogP contribution in [0.5, 0.6) is 0 Å². The number of hydrogen-bond donors (Lipinski definition) is 2. The standard InChI is InChI=1S/C13H17FN2/c14-10-2-6-13-9(7-10)1-3-12(16-13)8-15-11-4-5-11/h2,6-7,11-12,15-16H,1,3-5,8H2. The lowest BCUT2D eigenvalue weighted by molar-refractivity contribution is 0.554. The summed E-state index contributed by atoms with van der Waals surface area (Å²) in [7, 11) is 0. The summed E-state index contributed by atoms with van der Waals surface area (Å²) in [6.07, 6.45) is 4.73. The van der Waals surface area contributed by atoms with E-state index in [2.05, 4.69) is 10.6 Å². The van der Waals surface area contributed by atoms with Crippen molar-refractivity contribution < 1.29 is 4.39 Å². The fraction of sp³-hybridized carbons (Fsp3) is 0.538. The monoisotopic (exact) mass is 220 g/mol. The lowest BCUT2D eigenvalue weighted by atomic mass is 9.98. The van der Waals surface area contributed by atoms with Crippen LogP contribution in [0.4, 0.5) is 10.1 Å². The molecule has 1 fully saturated rings. The molecular weight excluding hydrogens is 203 g/mol. The number of hydrogen-bond acceptors (Lipinski definition) is 2. The summed E-state index contributed by atoms with van der Waals surface area (Å²) in [5.74, 6) is -0.130. The van der Waals surface area contributed by atoms with Crippen molar-refractivity contribution in [2.24, 2.45) is 0 Å². The molecule has 1 aliphatic heterocycles. The minimum atomic E-state index is -0.130. The Morgan fingerprint density at radius 2 is 2.19 bits per heavy atom. The number of benzene rings is 1. The van der Waals surface area contributed by atoms with Crippen LogP contribution in [-0.4, -0.2) is 18.6 Å². The number of fused-ring (bicyclic) bond motifs is 1. The summed E-state index contributed by atoms with van der Waals surface area (Å²) in [5, 5.41) is 7.01. The van der Waals surface area contributed by atoms with Gasteiger partial charge in [-0.2, -0.15) is 0 Å². The summed E-state index contributed by atoms with van der Waals surface area (Å²) in [4.78, 5) is 0. The highest BCUT2D eigenvalue weighted by Gasteiger charge is 2.23. The maximum Gasteiger partial charge on any atom is 0.123 e. The van der Waals surface area contributed by atoms with Gasteiger partial charge in [0.05, 0.1) is 0 Å². The van der Waals surface area contributed by atoms with Gasteiger partial charge in [-0.05, 0) is 49.4 Å². The van der Waals surface area contributed by atoms with Crippen LogP contribution in [0.2, 0.25) is 0 Å². The lowest BCUT2D eigenvalue weighted by Crippen LogP contribution is -2.36. The maximum atomic E-state index is 13.0. The van der Waals surface area contributed by atoms with Gasteiger partial charge in [0.25, 0.3) is 0 Å². The van der Waals surface area contributed by atoms with Gasteiger partial charge in [0.15, 0.2) is 0 Å². The van der Waals surface area contributed by atoms with Crippen molar-refractivity contribution in [2.75, 3.05) is 11.9 Å². The van der Waals surface area contributed by atoms with Crippen molar-refractivity contribution in [3.05, 3.63) is 29.6 Å². The molecule has 0 radical (unpaired) electrons. The lowest BCUT2D eigenvalue weighted by Gasteiger charge is -2.27. The van der Waals surface area contributed by atoms with Crippen LogP contribution in [0.25, 0.3) is 0 Å². The normalized spacial score (nSPS) is 23.7. The molecule has 0 spiro atoms. The second-order valence-corrected chi connectivity index (χ2v) is 4.86. The molecule has 86 valence electrons. The average Bonchev–Trinajstić information content (AvgIpc) is 3.10. The van der Waals surface area contributed by atoms with Crippen molar-refractivity contribution in [3.63, 3.8) is 0 Å². The van der Waals surface area contributed by atoms with E-state index < -0.39 is 0 Å². The van der Waals surface area contributed by atoms with Crippen LogP contribution in [0.15, 0.2) is 18.2 Å². The first-order chi connectivity index (χ1) is 7.81. The van der Waals surface area contributed by atoms with Gasteiger partial charge < -0.3 is 10.6 Å². The van der Waals surface area contributed by atoms with E-state index in [1.54, 1.807) is 6.07 Å². The Hall–Kier alpha value is -1.09. The molecule has 2 aliphatic rings. The molecule has 3 rings (SSSR count). The first kappa shape index (κ1) is 10.1. The molecule has 1 aliphatic carbocycles. The largest absolute Gasteiger partial charge is 0.381 e. The summed E-state index contributed by atoms with van der Waals surface area (Å²) in [6.45, 7) is 1.03. The average molecular weight is 220 g/mol. The van der Waals surface area contributed by atoms with Gasteiger partial charge in [-0.3, -0.25) is 0 Å². The molecule has 0 amide bonds. The smallest absolute Gasteiger partial charge is 0.123 e. The SMILES string of the molecule is Fc1ccc2c(c1)CCC(CNC1CC1)N2. The van der Waals surface area contributed by atoms with Crippen LogP contribution < -0.4 is 10.6 Å². The molecule has 1 aromatic carbocycles. The Bertz CT molecular complexity index is 388. The molecule has 1 atom stereocenters. The Kier molecular flexibility index (Phi) is 2.56. The molecule has 1 aromatic rings. The summed E-state index contributed by atoms with van der Waals surface area (Å²) in [5.41, 5.74) is 2.22. The first-order valence-electron chi connectivity index (χ1n) is 6.09. The van der Waals surface area contributed by atoms with E-state index >= 15 is 0 Å². The third-order valence-electron chi connectivity index (χ3n) is 3.42. The zero-order valence-corrected chi connectivity index (χ0v) is 9.30. The van der Waals surface area contributed by atoms with E-state index in [1.807, 2.05) is 6.07 Å². The van der Waals surface area contributed by atoms with Crippen molar-refractivity contribution in [3.8, 4) is 0 Å². The van der Waals surface area contributed by atoms with Crippen molar-refractivity contribution in [1.29, 1.82) is 0 Å². The molecule has 16 heavy (non-hydrogen) atoms. The Morgan fingerprint density at radius 3 is 3.00 bits per heavy atom. The number of aryl methyl sites for hydroxylation is 1. The van der Waals surface area contributed by atoms with Crippen molar-refractivity contribution >= 4 is 5.69 Å². The fourth-order valence-corrected chi connectivity index (χ4v) is 2.28.